The Morgan fingerprint density at radius 1 is 1.05 bits per heavy atom. The van der Waals surface area contributed by atoms with Crippen molar-refractivity contribution in [3.63, 3.8) is 0 Å². The first-order chi connectivity index (χ1) is 9.11. The van der Waals surface area contributed by atoms with Gasteiger partial charge in [0.1, 0.15) is 0 Å². The van der Waals surface area contributed by atoms with Gasteiger partial charge in [-0.2, -0.15) is 0 Å². The van der Waals surface area contributed by atoms with Crippen molar-refractivity contribution in [3.8, 4) is 0 Å². The Balaban J connectivity index is 1.88. The molecule has 2 aromatic carbocycles. The molecule has 0 heterocycles. The Kier molecular flexibility index (Phi) is 4.56. The summed E-state index contributed by atoms with van der Waals surface area (Å²) in [6.45, 7) is 7.10. The van der Waals surface area contributed by atoms with E-state index in [-0.39, 0.29) is 5.41 Å². The van der Waals surface area contributed by atoms with Crippen LogP contribution in [0.15, 0.2) is 42.5 Å². The second-order valence-corrected chi connectivity index (χ2v) is 5.98. The molecule has 2 heteroatoms. The third kappa shape index (κ3) is 4.05. The lowest BCUT2D eigenvalue weighted by Crippen LogP contribution is -2.28. The Bertz CT molecular complexity index is 532. The van der Waals surface area contributed by atoms with Crippen LogP contribution >= 0.6 is 0 Å². The van der Waals surface area contributed by atoms with Crippen molar-refractivity contribution < 1.29 is 0 Å². The Morgan fingerprint density at radius 2 is 1.79 bits per heavy atom. The number of nitrogens with one attached hydrogen (secondary N) is 1. The van der Waals surface area contributed by atoms with E-state index in [4.69, 9.17) is 5.73 Å². The van der Waals surface area contributed by atoms with Gasteiger partial charge in [0.05, 0.1) is 0 Å². The fourth-order valence-electron chi connectivity index (χ4n) is 2.11. The molecule has 2 aromatic rings. The van der Waals surface area contributed by atoms with Crippen LogP contribution in [0.5, 0.6) is 0 Å². The molecule has 0 saturated heterocycles. The minimum absolute atomic E-state index is 0.233. The summed E-state index contributed by atoms with van der Waals surface area (Å²) >= 11 is 0. The van der Waals surface area contributed by atoms with Gasteiger partial charge in [0.15, 0.2) is 0 Å². The van der Waals surface area contributed by atoms with E-state index in [1.165, 1.54) is 16.3 Å². The van der Waals surface area contributed by atoms with E-state index >= 15 is 0 Å². The molecule has 0 atom stereocenters. The molecular formula is C17H24N2. The lowest BCUT2D eigenvalue weighted by molar-refractivity contribution is 0.339. The molecule has 0 radical (unpaired) electrons. The second kappa shape index (κ2) is 6.18. The van der Waals surface area contributed by atoms with Crippen LogP contribution in [0.1, 0.15) is 25.8 Å². The molecule has 0 fully saturated rings. The maximum absolute atomic E-state index is 5.73. The minimum Gasteiger partial charge on any atom is -0.330 e. The monoisotopic (exact) mass is 256 g/mol. The first-order valence-electron chi connectivity index (χ1n) is 6.99. The molecule has 0 amide bonds. The standard InChI is InChI=1S/C17H24N2/c1-17(2,13-18)9-10-19-12-14-7-8-15-5-3-4-6-16(15)11-14/h3-8,11,19H,9-10,12-13,18H2,1-2H3. The van der Waals surface area contributed by atoms with E-state index in [1.54, 1.807) is 0 Å². The Hall–Kier alpha value is -1.38. The Labute approximate surface area is 116 Å². The summed E-state index contributed by atoms with van der Waals surface area (Å²) in [5.41, 5.74) is 7.30. The van der Waals surface area contributed by atoms with E-state index < -0.39 is 0 Å². The number of rotatable bonds is 6. The molecule has 3 N–H and O–H groups in total. The number of fused-ring (bicyclic) bond motifs is 1. The highest BCUT2D eigenvalue weighted by Gasteiger charge is 2.14. The molecule has 0 aromatic heterocycles. The molecule has 0 saturated carbocycles. The van der Waals surface area contributed by atoms with Crippen LogP contribution in [0, 0.1) is 5.41 Å². The van der Waals surface area contributed by atoms with Crippen molar-refractivity contribution >= 4 is 10.8 Å². The maximum atomic E-state index is 5.73. The number of benzene rings is 2. The molecule has 0 unspecified atom stereocenters. The Morgan fingerprint density at radius 3 is 2.53 bits per heavy atom. The zero-order valence-electron chi connectivity index (χ0n) is 11.9. The van der Waals surface area contributed by atoms with Gasteiger partial charge in [0.25, 0.3) is 0 Å². The first kappa shape index (κ1) is 14.0. The van der Waals surface area contributed by atoms with Gasteiger partial charge < -0.3 is 11.1 Å². The summed E-state index contributed by atoms with van der Waals surface area (Å²) in [7, 11) is 0. The van der Waals surface area contributed by atoms with Crippen LogP contribution in [0.25, 0.3) is 10.8 Å². The SMILES string of the molecule is CC(C)(CN)CCNCc1ccc2ccccc2c1. The predicted octanol–water partition coefficient (Wildman–Crippen LogP) is 3.30. The highest BCUT2D eigenvalue weighted by molar-refractivity contribution is 5.82. The van der Waals surface area contributed by atoms with E-state index in [0.717, 1.165) is 26.1 Å². The fraction of sp³-hybridized carbons (Fsp3) is 0.412. The summed E-state index contributed by atoms with van der Waals surface area (Å²) in [4.78, 5) is 0. The largest absolute Gasteiger partial charge is 0.330 e. The minimum atomic E-state index is 0.233. The molecule has 0 aliphatic heterocycles. The van der Waals surface area contributed by atoms with Gasteiger partial charge >= 0.3 is 0 Å². The lowest BCUT2D eigenvalue weighted by Gasteiger charge is -2.22. The summed E-state index contributed by atoms with van der Waals surface area (Å²) in [5, 5.41) is 6.11. The van der Waals surface area contributed by atoms with Crippen molar-refractivity contribution in [2.45, 2.75) is 26.8 Å². The smallest absolute Gasteiger partial charge is 0.0205 e. The van der Waals surface area contributed by atoms with Crippen LogP contribution in [0.4, 0.5) is 0 Å². The average Bonchev–Trinajstić information content (AvgIpc) is 2.43. The summed E-state index contributed by atoms with van der Waals surface area (Å²) < 4.78 is 0. The molecule has 0 aliphatic rings. The molecule has 0 bridgehead atoms. The van der Waals surface area contributed by atoms with Crippen LogP contribution in [0.2, 0.25) is 0 Å². The molecule has 102 valence electrons. The van der Waals surface area contributed by atoms with Gasteiger partial charge in [-0.3, -0.25) is 0 Å². The average molecular weight is 256 g/mol. The van der Waals surface area contributed by atoms with Gasteiger partial charge in [-0.05, 0) is 47.3 Å². The third-order valence-corrected chi connectivity index (χ3v) is 3.67. The molecule has 19 heavy (non-hydrogen) atoms. The van der Waals surface area contributed by atoms with Crippen molar-refractivity contribution in [1.29, 1.82) is 0 Å². The molecule has 2 rings (SSSR count). The predicted molar refractivity (Wildman–Crippen MR) is 83.1 cm³/mol. The van der Waals surface area contributed by atoms with E-state index in [9.17, 15) is 0 Å². The second-order valence-electron chi connectivity index (χ2n) is 5.98. The van der Waals surface area contributed by atoms with E-state index in [2.05, 4.69) is 61.6 Å². The van der Waals surface area contributed by atoms with Gasteiger partial charge in [0.2, 0.25) is 0 Å². The topological polar surface area (TPSA) is 38.0 Å². The summed E-state index contributed by atoms with van der Waals surface area (Å²) in [5.74, 6) is 0. The van der Waals surface area contributed by atoms with Crippen molar-refractivity contribution in [1.82, 2.24) is 5.32 Å². The molecular weight excluding hydrogens is 232 g/mol. The quantitative estimate of drug-likeness (QED) is 0.778. The van der Waals surface area contributed by atoms with E-state index in [0.29, 0.717) is 0 Å². The van der Waals surface area contributed by atoms with E-state index in [1.807, 2.05) is 0 Å². The van der Waals surface area contributed by atoms with Crippen molar-refractivity contribution in [2.75, 3.05) is 13.1 Å². The lowest BCUT2D eigenvalue weighted by atomic mass is 9.90. The maximum Gasteiger partial charge on any atom is 0.0205 e. The zero-order valence-corrected chi connectivity index (χ0v) is 11.9. The van der Waals surface area contributed by atoms with Crippen molar-refractivity contribution in [2.24, 2.45) is 11.1 Å². The fourth-order valence-corrected chi connectivity index (χ4v) is 2.11. The van der Waals surface area contributed by atoms with Gasteiger partial charge in [-0.1, -0.05) is 50.2 Å². The third-order valence-electron chi connectivity index (χ3n) is 3.67. The zero-order chi connectivity index (χ0) is 13.7. The van der Waals surface area contributed by atoms with Crippen LogP contribution in [-0.4, -0.2) is 13.1 Å². The van der Waals surface area contributed by atoms with Crippen LogP contribution < -0.4 is 11.1 Å². The molecule has 2 nitrogen and oxygen atoms in total. The number of hydrogen-bond acceptors (Lipinski definition) is 2. The van der Waals surface area contributed by atoms with Crippen LogP contribution in [0.3, 0.4) is 0 Å². The number of nitrogens with two attached hydrogens (primary N) is 1. The number of hydrogen-bond donors (Lipinski definition) is 2. The molecule has 0 spiro atoms. The normalized spacial score (nSPS) is 11.9. The first-order valence-corrected chi connectivity index (χ1v) is 6.99. The van der Waals surface area contributed by atoms with Gasteiger partial charge in [-0.25, -0.2) is 0 Å². The van der Waals surface area contributed by atoms with Crippen LogP contribution in [-0.2, 0) is 6.54 Å². The highest BCUT2D eigenvalue weighted by Crippen LogP contribution is 2.17. The highest BCUT2D eigenvalue weighted by atomic mass is 14.8. The van der Waals surface area contributed by atoms with Gasteiger partial charge in [0, 0.05) is 6.54 Å². The summed E-state index contributed by atoms with van der Waals surface area (Å²) in [6, 6.07) is 15.1. The van der Waals surface area contributed by atoms with Crippen molar-refractivity contribution in [3.05, 3.63) is 48.0 Å². The summed E-state index contributed by atoms with van der Waals surface area (Å²) in [6.07, 6.45) is 1.11. The van der Waals surface area contributed by atoms with Gasteiger partial charge in [-0.15, -0.1) is 0 Å². The molecule has 0 aliphatic carbocycles.